The minimum atomic E-state index is -0.0973. The lowest BCUT2D eigenvalue weighted by Gasteiger charge is -2.23. The predicted octanol–water partition coefficient (Wildman–Crippen LogP) is 2.93. The Kier molecular flexibility index (Phi) is 3.82. The van der Waals surface area contributed by atoms with E-state index in [0.29, 0.717) is 11.6 Å². The lowest BCUT2D eigenvalue weighted by atomic mass is 10.1. The normalized spacial score (nSPS) is 12.4. The first kappa shape index (κ1) is 12.8. The summed E-state index contributed by atoms with van der Waals surface area (Å²) in [6, 6.07) is 9.62. The molecular formula is C14H15ClN2O. The molecule has 0 aliphatic rings. The van der Waals surface area contributed by atoms with Crippen LogP contribution in [0.2, 0.25) is 0 Å². The zero-order valence-electron chi connectivity index (χ0n) is 10.4. The molecule has 1 atom stereocenters. The van der Waals surface area contributed by atoms with Crippen molar-refractivity contribution >= 4 is 28.3 Å². The number of carbonyl (C=O) groups excluding carboxylic acids is 1. The molecule has 0 bridgehead atoms. The fraction of sp³-hybridized carbons (Fsp3) is 0.286. The van der Waals surface area contributed by atoms with Crippen molar-refractivity contribution < 1.29 is 4.79 Å². The monoisotopic (exact) mass is 262 g/mol. The van der Waals surface area contributed by atoms with Crippen LogP contribution in [0.3, 0.4) is 0 Å². The number of carbonyl (C=O) groups is 1. The number of amides is 1. The summed E-state index contributed by atoms with van der Waals surface area (Å²) in [5.74, 6) is 0.312. The Morgan fingerprint density at radius 2 is 2.11 bits per heavy atom. The van der Waals surface area contributed by atoms with Gasteiger partial charge in [-0.3, -0.25) is 9.78 Å². The van der Waals surface area contributed by atoms with Gasteiger partial charge in [0.2, 0.25) is 0 Å². The molecule has 0 fully saturated rings. The van der Waals surface area contributed by atoms with Crippen molar-refractivity contribution in [2.24, 2.45) is 0 Å². The van der Waals surface area contributed by atoms with Crippen LogP contribution in [0.25, 0.3) is 10.8 Å². The average Bonchev–Trinajstić information content (AvgIpc) is 2.44. The van der Waals surface area contributed by atoms with Gasteiger partial charge in [0.15, 0.2) is 0 Å². The van der Waals surface area contributed by atoms with Crippen molar-refractivity contribution in [1.82, 2.24) is 9.88 Å². The Morgan fingerprint density at radius 1 is 1.39 bits per heavy atom. The van der Waals surface area contributed by atoms with Gasteiger partial charge in [-0.05, 0) is 18.4 Å². The van der Waals surface area contributed by atoms with Crippen LogP contribution >= 0.6 is 11.6 Å². The van der Waals surface area contributed by atoms with Crippen molar-refractivity contribution in [1.29, 1.82) is 0 Å². The highest BCUT2D eigenvalue weighted by Gasteiger charge is 2.19. The maximum absolute atomic E-state index is 12.4. The molecular weight excluding hydrogens is 248 g/mol. The van der Waals surface area contributed by atoms with Crippen LogP contribution in [0.5, 0.6) is 0 Å². The van der Waals surface area contributed by atoms with E-state index < -0.39 is 0 Å². The zero-order chi connectivity index (χ0) is 13.1. The quantitative estimate of drug-likeness (QED) is 0.797. The summed E-state index contributed by atoms with van der Waals surface area (Å²) < 4.78 is 0. The first-order valence-corrected chi connectivity index (χ1v) is 6.35. The molecule has 0 saturated carbocycles. The van der Waals surface area contributed by atoms with Gasteiger partial charge in [0.25, 0.3) is 5.91 Å². The molecule has 0 saturated heterocycles. The largest absolute Gasteiger partial charge is 0.336 e. The number of fused-ring (bicyclic) bond motifs is 1. The highest BCUT2D eigenvalue weighted by molar-refractivity contribution is 6.18. The minimum Gasteiger partial charge on any atom is -0.336 e. The van der Waals surface area contributed by atoms with E-state index in [2.05, 4.69) is 4.98 Å². The van der Waals surface area contributed by atoms with Crippen LogP contribution in [0.1, 0.15) is 17.4 Å². The van der Waals surface area contributed by atoms with E-state index in [9.17, 15) is 4.79 Å². The molecule has 4 heteroatoms. The SMILES string of the molecule is CC(CCl)N(C)C(=O)c1nccc2ccccc12. The van der Waals surface area contributed by atoms with Crippen molar-refractivity contribution in [3.05, 3.63) is 42.2 Å². The Morgan fingerprint density at radius 3 is 2.83 bits per heavy atom. The molecule has 2 aromatic rings. The topological polar surface area (TPSA) is 33.2 Å². The van der Waals surface area contributed by atoms with Gasteiger partial charge in [-0.2, -0.15) is 0 Å². The first-order valence-electron chi connectivity index (χ1n) is 5.82. The second kappa shape index (κ2) is 5.36. The summed E-state index contributed by atoms with van der Waals surface area (Å²) >= 11 is 5.78. The van der Waals surface area contributed by atoms with Crippen molar-refractivity contribution in [2.45, 2.75) is 13.0 Å². The Bertz CT molecular complexity index is 565. The molecule has 3 nitrogen and oxygen atoms in total. The fourth-order valence-electron chi connectivity index (χ4n) is 1.76. The average molecular weight is 263 g/mol. The molecule has 94 valence electrons. The van der Waals surface area contributed by atoms with Gasteiger partial charge in [0.1, 0.15) is 5.69 Å². The first-order chi connectivity index (χ1) is 8.65. The Labute approximate surface area is 111 Å². The van der Waals surface area contributed by atoms with E-state index in [1.165, 1.54) is 0 Å². The third kappa shape index (κ3) is 2.31. The molecule has 1 heterocycles. The summed E-state index contributed by atoms with van der Waals surface area (Å²) in [6.07, 6.45) is 1.66. The third-order valence-electron chi connectivity index (χ3n) is 3.08. The maximum Gasteiger partial charge on any atom is 0.273 e. The second-order valence-electron chi connectivity index (χ2n) is 4.30. The molecule has 0 spiro atoms. The lowest BCUT2D eigenvalue weighted by molar-refractivity contribution is 0.0753. The van der Waals surface area contributed by atoms with E-state index in [1.807, 2.05) is 37.3 Å². The van der Waals surface area contributed by atoms with Gasteiger partial charge < -0.3 is 4.90 Å². The molecule has 2 rings (SSSR count). The highest BCUT2D eigenvalue weighted by Crippen LogP contribution is 2.18. The number of aromatic nitrogens is 1. The molecule has 0 radical (unpaired) electrons. The maximum atomic E-state index is 12.4. The number of hydrogen-bond acceptors (Lipinski definition) is 2. The number of halogens is 1. The zero-order valence-corrected chi connectivity index (χ0v) is 11.2. The van der Waals surface area contributed by atoms with E-state index in [0.717, 1.165) is 10.8 Å². The summed E-state index contributed by atoms with van der Waals surface area (Å²) in [5.41, 5.74) is 0.479. The Hall–Kier alpha value is -1.61. The molecule has 18 heavy (non-hydrogen) atoms. The van der Waals surface area contributed by atoms with Crippen molar-refractivity contribution in [3.8, 4) is 0 Å². The van der Waals surface area contributed by atoms with Crippen LogP contribution in [-0.4, -0.2) is 34.8 Å². The predicted molar refractivity (Wildman–Crippen MR) is 74.0 cm³/mol. The van der Waals surface area contributed by atoms with Gasteiger partial charge in [-0.25, -0.2) is 0 Å². The van der Waals surface area contributed by atoms with E-state index in [1.54, 1.807) is 18.1 Å². The van der Waals surface area contributed by atoms with Crippen LogP contribution in [0.15, 0.2) is 36.5 Å². The number of hydrogen-bond donors (Lipinski definition) is 0. The third-order valence-corrected chi connectivity index (χ3v) is 3.53. The van der Waals surface area contributed by atoms with Crippen LogP contribution in [0.4, 0.5) is 0 Å². The van der Waals surface area contributed by atoms with E-state index in [-0.39, 0.29) is 11.9 Å². The van der Waals surface area contributed by atoms with Gasteiger partial charge in [-0.1, -0.05) is 24.3 Å². The molecule has 1 amide bonds. The molecule has 0 aliphatic carbocycles. The standard InChI is InChI=1S/C14H15ClN2O/c1-10(9-15)17(2)14(18)13-12-6-4-3-5-11(12)7-8-16-13/h3-8,10H,9H2,1-2H3. The molecule has 1 aromatic heterocycles. The van der Waals surface area contributed by atoms with Crippen LogP contribution < -0.4 is 0 Å². The van der Waals surface area contributed by atoms with Crippen molar-refractivity contribution in [3.63, 3.8) is 0 Å². The van der Waals surface area contributed by atoms with Crippen molar-refractivity contribution in [2.75, 3.05) is 12.9 Å². The number of nitrogens with zero attached hydrogens (tertiary/aromatic N) is 2. The van der Waals surface area contributed by atoms with Gasteiger partial charge in [-0.15, -0.1) is 11.6 Å². The number of pyridine rings is 1. The molecule has 1 aromatic carbocycles. The summed E-state index contributed by atoms with van der Waals surface area (Å²) in [7, 11) is 1.75. The van der Waals surface area contributed by atoms with E-state index >= 15 is 0 Å². The molecule has 0 aliphatic heterocycles. The number of benzene rings is 1. The second-order valence-corrected chi connectivity index (χ2v) is 4.61. The van der Waals surface area contributed by atoms with Gasteiger partial charge in [0, 0.05) is 30.6 Å². The molecule has 1 unspecified atom stereocenters. The van der Waals surface area contributed by atoms with Gasteiger partial charge >= 0.3 is 0 Å². The number of alkyl halides is 1. The smallest absolute Gasteiger partial charge is 0.273 e. The fourth-order valence-corrected chi connectivity index (χ4v) is 1.97. The highest BCUT2D eigenvalue weighted by atomic mass is 35.5. The van der Waals surface area contributed by atoms with Crippen LogP contribution in [-0.2, 0) is 0 Å². The number of rotatable bonds is 3. The lowest BCUT2D eigenvalue weighted by Crippen LogP contribution is -2.36. The van der Waals surface area contributed by atoms with Crippen LogP contribution in [0, 0.1) is 0 Å². The summed E-state index contributed by atoms with van der Waals surface area (Å²) in [4.78, 5) is 18.2. The van der Waals surface area contributed by atoms with E-state index in [4.69, 9.17) is 11.6 Å². The van der Waals surface area contributed by atoms with Gasteiger partial charge in [0.05, 0.1) is 0 Å². The summed E-state index contributed by atoms with van der Waals surface area (Å²) in [6.45, 7) is 1.91. The summed E-state index contributed by atoms with van der Waals surface area (Å²) in [5, 5.41) is 1.89. The molecule has 0 N–H and O–H groups in total. The Balaban J connectivity index is 2.45. The minimum absolute atomic E-state index is 0.0139.